The van der Waals surface area contributed by atoms with E-state index in [-0.39, 0.29) is 17.9 Å². The van der Waals surface area contributed by atoms with Crippen LogP contribution < -0.4 is 15.5 Å². The van der Waals surface area contributed by atoms with Crippen molar-refractivity contribution in [2.75, 3.05) is 15.5 Å². The summed E-state index contributed by atoms with van der Waals surface area (Å²) >= 11 is 0. The molecule has 7 nitrogen and oxygen atoms in total. The van der Waals surface area contributed by atoms with Gasteiger partial charge in [-0.15, -0.1) is 0 Å². The van der Waals surface area contributed by atoms with Gasteiger partial charge in [0.05, 0.1) is 12.1 Å². The van der Waals surface area contributed by atoms with Crippen LogP contribution in [0.2, 0.25) is 0 Å². The number of benzene rings is 3. The number of halogens is 1. The highest BCUT2D eigenvalue weighted by Gasteiger charge is 2.36. The Kier molecular flexibility index (Phi) is 8.37. The average molecular weight is 546 g/mol. The molecule has 3 aromatic rings. The van der Waals surface area contributed by atoms with E-state index < -0.39 is 23.4 Å². The summed E-state index contributed by atoms with van der Waals surface area (Å²) in [6.45, 7) is 10.9. The first-order chi connectivity index (χ1) is 18.8. The number of anilines is 3. The third-order valence-electron chi connectivity index (χ3n) is 5.99. The molecule has 0 bridgehead atoms. The lowest BCUT2D eigenvalue weighted by molar-refractivity contribution is 0.0624. The lowest BCUT2D eigenvalue weighted by Crippen LogP contribution is -2.27. The number of carbonyl (C=O) groups excluding carboxylic acids is 2. The molecule has 1 saturated heterocycles. The molecule has 8 heteroatoms. The zero-order chi connectivity index (χ0) is 29.1. The number of hydrogen-bond donors (Lipinski definition) is 2. The van der Waals surface area contributed by atoms with Crippen molar-refractivity contribution >= 4 is 29.2 Å². The van der Waals surface area contributed by atoms with Gasteiger partial charge in [0.25, 0.3) is 0 Å². The van der Waals surface area contributed by atoms with Crippen molar-refractivity contribution in [2.45, 2.75) is 64.8 Å². The van der Waals surface area contributed by atoms with Gasteiger partial charge in [0.1, 0.15) is 17.0 Å². The van der Waals surface area contributed by atoms with Gasteiger partial charge < -0.3 is 14.4 Å². The van der Waals surface area contributed by atoms with Crippen LogP contribution in [0.5, 0.6) is 0 Å². The molecule has 1 aliphatic rings. The molecule has 0 aliphatic carbocycles. The van der Waals surface area contributed by atoms with E-state index in [1.54, 1.807) is 12.1 Å². The number of rotatable bonds is 5. The van der Waals surface area contributed by atoms with Crippen molar-refractivity contribution in [3.63, 3.8) is 0 Å². The standard InChI is InChI=1S/C32H36FN3O4/c1-31(2,3)39-29(37)34-24-13-7-21(8-14-24)27-19-20-28(36(27)26-17-11-23(33)12-18-26)22-9-15-25(16-10-22)35-30(38)40-32(4,5)6/h7-20,27-28H,1-6H3,(H,34,37)(H,35,38)/t27-,28-/m0/s1. The number of nitrogens with zero attached hydrogens (tertiary/aromatic N) is 1. The van der Waals surface area contributed by atoms with Crippen LogP contribution in [-0.4, -0.2) is 23.4 Å². The largest absolute Gasteiger partial charge is 0.444 e. The summed E-state index contributed by atoms with van der Waals surface area (Å²) in [5.74, 6) is -0.306. The number of ether oxygens (including phenoxy) is 2. The summed E-state index contributed by atoms with van der Waals surface area (Å²) in [5, 5.41) is 5.52. The lowest BCUT2D eigenvalue weighted by atomic mass is 10.0. The summed E-state index contributed by atoms with van der Waals surface area (Å²) in [6, 6.07) is 21.3. The molecule has 2 radical (unpaired) electrons. The first-order valence-corrected chi connectivity index (χ1v) is 13.2. The molecule has 1 fully saturated rings. The van der Waals surface area contributed by atoms with E-state index in [1.807, 2.05) is 90.1 Å². The van der Waals surface area contributed by atoms with E-state index in [0.29, 0.717) is 11.4 Å². The molecule has 3 aromatic carbocycles. The van der Waals surface area contributed by atoms with Crippen LogP contribution in [0, 0.1) is 18.7 Å². The molecule has 1 aliphatic heterocycles. The minimum atomic E-state index is -0.590. The Hall–Kier alpha value is -4.07. The average Bonchev–Trinajstić information content (AvgIpc) is 3.28. The fourth-order valence-electron chi connectivity index (χ4n) is 4.42. The minimum Gasteiger partial charge on any atom is -0.444 e. The van der Waals surface area contributed by atoms with E-state index in [2.05, 4.69) is 28.4 Å². The second kappa shape index (κ2) is 11.6. The Morgan fingerprint density at radius 2 is 1.02 bits per heavy atom. The van der Waals surface area contributed by atoms with Gasteiger partial charge in [-0.1, -0.05) is 24.3 Å². The van der Waals surface area contributed by atoms with Crippen LogP contribution in [0.25, 0.3) is 0 Å². The molecule has 0 unspecified atom stereocenters. The van der Waals surface area contributed by atoms with Gasteiger partial charge in [-0.2, -0.15) is 0 Å². The van der Waals surface area contributed by atoms with E-state index in [9.17, 15) is 14.0 Å². The van der Waals surface area contributed by atoms with Gasteiger partial charge in [0.15, 0.2) is 0 Å². The van der Waals surface area contributed by atoms with Crippen molar-refractivity contribution in [1.82, 2.24) is 0 Å². The zero-order valence-electron chi connectivity index (χ0n) is 23.7. The van der Waals surface area contributed by atoms with E-state index >= 15 is 0 Å². The van der Waals surface area contributed by atoms with Gasteiger partial charge in [0.2, 0.25) is 0 Å². The van der Waals surface area contributed by atoms with E-state index in [1.165, 1.54) is 12.1 Å². The number of carbonyl (C=O) groups is 2. The zero-order valence-corrected chi connectivity index (χ0v) is 23.7. The van der Waals surface area contributed by atoms with Crippen molar-refractivity contribution < 1.29 is 23.5 Å². The maximum Gasteiger partial charge on any atom is 0.412 e. The molecule has 4 rings (SSSR count). The van der Waals surface area contributed by atoms with Crippen LogP contribution in [0.4, 0.5) is 31.0 Å². The molecule has 1 heterocycles. The first-order valence-electron chi connectivity index (χ1n) is 13.2. The summed E-state index contributed by atoms with van der Waals surface area (Å²) in [4.78, 5) is 26.5. The highest BCUT2D eigenvalue weighted by atomic mass is 19.1. The molecule has 40 heavy (non-hydrogen) atoms. The lowest BCUT2D eigenvalue weighted by Gasteiger charge is -2.33. The summed E-state index contributed by atoms with van der Waals surface area (Å²) in [6.07, 6.45) is 3.19. The molecule has 2 atom stereocenters. The molecular weight excluding hydrogens is 509 g/mol. The number of amides is 2. The minimum absolute atomic E-state index is 0.134. The van der Waals surface area contributed by atoms with Gasteiger partial charge in [-0.25, -0.2) is 14.0 Å². The highest BCUT2D eigenvalue weighted by Crippen LogP contribution is 2.46. The molecular formula is C32H36FN3O4. The Balaban J connectivity index is 1.54. The third-order valence-corrected chi connectivity index (χ3v) is 5.99. The Morgan fingerprint density at radius 1 is 0.650 bits per heavy atom. The fourth-order valence-corrected chi connectivity index (χ4v) is 4.42. The fraction of sp³-hybridized carbons (Fsp3) is 0.312. The third kappa shape index (κ3) is 7.74. The van der Waals surface area contributed by atoms with Crippen LogP contribution in [0.1, 0.15) is 64.8 Å². The Labute approximate surface area is 235 Å². The molecule has 2 amide bonds. The molecule has 210 valence electrons. The van der Waals surface area contributed by atoms with Crippen LogP contribution in [0.15, 0.2) is 72.8 Å². The van der Waals surface area contributed by atoms with Crippen molar-refractivity contribution in [3.05, 3.63) is 103 Å². The molecule has 0 spiro atoms. The SMILES string of the molecule is CC(C)(C)OC(=O)Nc1ccc([C@@H]2[CH][CH][C@@H](c3ccc(NC(=O)OC(C)(C)C)cc3)N2c2ccc(F)cc2)cc1. The normalized spacial score (nSPS) is 17.3. The second-order valence-corrected chi connectivity index (χ2v) is 11.7. The number of hydrogen-bond acceptors (Lipinski definition) is 5. The van der Waals surface area contributed by atoms with E-state index in [0.717, 1.165) is 16.8 Å². The molecule has 2 N–H and O–H groups in total. The van der Waals surface area contributed by atoms with E-state index in [4.69, 9.17) is 9.47 Å². The van der Waals surface area contributed by atoms with Gasteiger partial charge in [-0.3, -0.25) is 10.6 Å². The summed E-state index contributed by atoms with van der Waals surface area (Å²) in [7, 11) is 0. The van der Waals surface area contributed by atoms with Gasteiger partial charge in [-0.05, 0) is 114 Å². The Morgan fingerprint density at radius 3 is 1.38 bits per heavy atom. The summed E-state index contributed by atoms with van der Waals surface area (Å²) < 4.78 is 24.5. The van der Waals surface area contributed by atoms with Crippen LogP contribution in [-0.2, 0) is 9.47 Å². The van der Waals surface area contributed by atoms with Crippen molar-refractivity contribution in [3.8, 4) is 0 Å². The van der Waals surface area contributed by atoms with Gasteiger partial charge in [0, 0.05) is 17.1 Å². The predicted octanol–water partition coefficient (Wildman–Crippen LogP) is 8.23. The van der Waals surface area contributed by atoms with Crippen molar-refractivity contribution in [1.29, 1.82) is 0 Å². The highest BCUT2D eigenvalue weighted by molar-refractivity contribution is 5.85. The summed E-state index contributed by atoms with van der Waals surface area (Å²) in [5.41, 5.74) is 2.92. The molecule has 0 saturated carbocycles. The van der Waals surface area contributed by atoms with Crippen LogP contribution in [0.3, 0.4) is 0 Å². The Bertz CT molecular complexity index is 1230. The topological polar surface area (TPSA) is 79.9 Å². The quantitative estimate of drug-likeness (QED) is 0.338. The van der Waals surface area contributed by atoms with Crippen LogP contribution >= 0.6 is 0 Å². The second-order valence-electron chi connectivity index (χ2n) is 11.7. The van der Waals surface area contributed by atoms with Gasteiger partial charge >= 0.3 is 12.2 Å². The smallest absolute Gasteiger partial charge is 0.412 e. The van der Waals surface area contributed by atoms with Crippen molar-refractivity contribution in [2.24, 2.45) is 0 Å². The maximum atomic E-state index is 13.8. The maximum absolute atomic E-state index is 13.8. The number of nitrogens with one attached hydrogen (secondary N) is 2. The predicted molar refractivity (Wildman–Crippen MR) is 156 cm³/mol. The first kappa shape index (κ1) is 28.9. The molecule has 0 aromatic heterocycles. The monoisotopic (exact) mass is 545 g/mol.